The van der Waals surface area contributed by atoms with Gasteiger partial charge in [0.1, 0.15) is 6.61 Å². The molecule has 1 fully saturated rings. The molecule has 0 radical (unpaired) electrons. The molecule has 1 aliphatic rings. The lowest BCUT2D eigenvalue weighted by molar-refractivity contribution is 0.146. The molecule has 1 aromatic heterocycles. The van der Waals surface area contributed by atoms with E-state index < -0.39 is 0 Å². The average Bonchev–Trinajstić information content (AvgIpc) is 3.06. The highest BCUT2D eigenvalue weighted by Crippen LogP contribution is 2.28. The Labute approximate surface area is 148 Å². The predicted molar refractivity (Wildman–Crippen MR) is 95.6 cm³/mol. The number of nitrogens with one attached hydrogen (secondary N) is 2. The van der Waals surface area contributed by atoms with Crippen molar-refractivity contribution in [2.24, 2.45) is 5.92 Å². The second-order valence-corrected chi connectivity index (χ2v) is 6.25. The minimum Gasteiger partial charge on any atom is -0.493 e. The number of hydrogen-bond donors (Lipinski definition) is 3. The van der Waals surface area contributed by atoms with Gasteiger partial charge in [0.25, 0.3) is 0 Å². The Morgan fingerprint density at radius 1 is 1.24 bits per heavy atom. The minimum atomic E-state index is -0.262. The molecule has 2 heterocycles. The lowest BCUT2D eigenvalue weighted by atomic mass is 10.1. The Kier molecular flexibility index (Phi) is 6.22. The van der Waals surface area contributed by atoms with E-state index in [1.54, 1.807) is 19.5 Å². The molecule has 1 aliphatic heterocycles. The number of aliphatic hydroxyl groups is 1. The zero-order valence-corrected chi connectivity index (χ0v) is 14.4. The molecule has 2 atom stereocenters. The topological polar surface area (TPSA) is 75.6 Å². The van der Waals surface area contributed by atoms with Gasteiger partial charge in [-0.1, -0.05) is 12.1 Å². The molecule has 1 aromatic carbocycles. The molecule has 0 amide bonds. The zero-order valence-electron chi connectivity index (χ0n) is 14.4. The summed E-state index contributed by atoms with van der Waals surface area (Å²) in [5.41, 5.74) is 2.12. The van der Waals surface area contributed by atoms with Crippen LogP contribution in [0.1, 0.15) is 11.1 Å². The number of benzene rings is 1. The van der Waals surface area contributed by atoms with E-state index in [4.69, 9.17) is 9.47 Å². The van der Waals surface area contributed by atoms with Crippen molar-refractivity contribution in [2.45, 2.75) is 19.3 Å². The number of nitrogens with zero attached hydrogens (tertiary/aromatic N) is 1. The van der Waals surface area contributed by atoms with Crippen LogP contribution in [0.5, 0.6) is 11.5 Å². The Balaban J connectivity index is 1.57. The molecule has 1 saturated heterocycles. The second-order valence-electron chi connectivity index (χ2n) is 6.25. The lowest BCUT2D eigenvalue weighted by Gasteiger charge is -2.15. The molecular formula is C19H25N3O3. The number of methoxy groups -OCH3 is 1. The molecule has 2 aromatic rings. The van der Waals surface area contributed by atoms with Gasteiger partial charge in [-0.05, 0) is 23.8 Å². The smallest absolute Gasteiger partial charge is 0.161 e. The van der Waals surface area contributed by atoms with Gasteiger partial charge in [-0.15, -0.1) is 0 Å². The van der Waals surface area contributed by atoms with Crippen LogP contribution in [-0.2, 0) is 13.2 Å². The molecule has 0 spiro atoms. The van der Waals surface area contributed by atoms with Crippen LogP contribution >= 0.6 is 0 Å². The monoisotopic (exact) mass is 343 g/mol. The third-order valence-corrected chi connectivity index (χ3v) is 4.38. The van der Waals surface area contributed by atoms with Crippen molar-refractivity contribution < 1.29 is 14.6 Å². The molecule has 3 rings (SSSR count). The highest BCUT2D eigenvalue weighted by molar-refractivity contribution is 5.43. The van der Waals surface area contributed by atoms with Crippen molar-refractivity contribution in [3.05, 3.63) is 53.9 Å². The van der Waals surface area contributed by atoms with Gasteiger partial charge in [-0.25, -0.2) is 0 Å². The molecule has 0 bridgehead atoms. The maximum Gasteiger partial charge on any atom is 0.161 e. The number of aromatic nitrogens is 1. The molecule has 134 valence electrons. The largest absolute Gasteiger partial charge is 0.493 e. The summed E-state index contributed by atoms with van der Waals surface area (Å²) in [5, 5.41) is 16.4. The quantitative estimate of drug-likeness (QED) is 0.672. The van der Waals surface area contributed by atoms with Gasteiger partial charge < -0.3 is 25.2 Å². The van der Waals surface area contributed by atoms with E-state index in [0.717, 1.165) is 30.8 Å². The Hall–Kier alpha value is -2.15. The van der Waals surface area contributed by atoms with E-state index in [-0.39, 0.29) is 12.0 Å². The summed E-state index contributed by atoms with van der Waals surface area (Å²) in [6.45, 7) is 3.49. The van der Waals surface area contributed by atoms with Gasteiger partial charge in [0.05, 0.1) is 13.2 Å². The summed E-state index contributed by atoms with van der Waals surface area (Å²) < 4.78 is 11.3. The molecule has 6 nitrogen and oxygen atoms in total. The van der Waals surface area contributed by atoms with Gasteiger partial charge in [-0.2, -0.15) is 0 Å². The Morgan fingerprint density at radius 2 is 2.16 bits per heavy atom. The first kappa shape index (κ1) is 17.7. The number of β-amino-alcohol motifs (C(OH)–C–C–N with tert-alkyl or cyclic N) is 1. The average molecular weight is 343 g/mol. The fraction of sp³-hybridized carbons (Fsp3) is 0.421. The summed E-state index contributed by atoms with van der Waals surface area (Å²) in [4.78, 5) is 4.09. The molecule has 0 aliphatic carbocycles. The van der Waals surface area contributed by atoms with Crippen LogP contribution in [0.3, 0.4) is 0 Å². The lowest BCUT2D eigenvalue weighted by Crippen LogP contribution is -2.30. The number of hydrogen-bond acceptors (Lipinski definition) is 6. The SMILES string of the molecule is COc1ccc(CNCC2CNCC2O)cc1OCc1cccnc1. The van der Waals surface area contributed by atoms with Crippen molar-refractivity contribution in [2.75, 3.05) is 26.7 Å². The Morgan fingerprint density at radius 3 is 2.88 bits per heavy atom. The van der Waals surface area contributed by atoms with Crippen molar-refractivity contribution in [1.82, 2.24) is 15.6 Å². The van der Waals surface area contributed by atoms with Crippen LogP contribution in [0.15, 0.2) is 42.7 Å². The van der Waals surface area contributed by atoms with Crippen LogP contribution in [0.25, 0.3) is 0 Å². The highest BCUT2D eigenvalue weighted by Gasteiger charge is 2.24. The molecule has 3 N–H and O–H groups in total. The van der Waals surface area contributed by atoms with Crippen LogP contribution < -0.4 is 20.1 Å². The summed E-state index contributed by atoms with van der Waals surface area (Å²) in [6, 6.07) is 9.80. The number of pyridine rings is 1. The third kappa shape index (κ3) is 4.92. The summed E-state index contributed by atoms with van der Waals surface area (Å²) in [7, 11) is 1.64. The van der Waals surface area contributed by atoms with E-state index in [0.29, 0.717) is 24.7 Å². The highest BCUT2D eigenvalue weighted by atomic mass is 16.5. The van der Waals surface area contributed by atoms with Crippen LogP contribution in [0.2, 0.25) is 0 Å². The van der Waals surface area contributed by atoms with Gasteiger partial charge in [-0.3, -0.25) is 4.98 Å². The molecule has 0 saturated carbocycles. The third-order valence-electron chi connectivity index (χ3n) is 4.38. The first-order valence-corrected chi connectivity index (χ1v) is 8.54. The number of rotatable bonds is 8. The van der Waals surface area contributed by atoms with Gasteiger partial charge in [0.15, 0.2) is 11.5 Å². The second kappa shape index (κ2) is 8.80. The van der Waals surface area contributed by atoms with Crippen LogP contribution in [0, 0.1) is 5.92 Å². The number of ether oxygens (including phenoxy) is 2. The summed E-state index contributed by atoms with van der Waals surface area (Å²) in [5.74, 6) is 1.69. The first-order valence-electron chi connectivity index (χ1n) is 8.54. The van der Waals surface area contributed by atoms with Gasteiger partial charge in [0, 0.05) is 50.1 Å². The summed E-state index contributed by atoms with van der Waals surface area (Å²) in [6.07, 6.45) is 3.27. The maximum atomic E-state index is 9.83. The van der Waals surface area contributed by atoms with Crippen molar-refractivity contribution in [1.29, 1.82) is 0 Å². The van der Waals surface area contributed by atoms with E-state index in [9.17, 15) is 5.11 Å². The van der Waals surface area contributed by atoms with Crippen molar-refractivity contribution in [3.8, 4) is 11.5 Å². The van der Waals surface area contributed by atoms with Crippen LogP contribution in [-0.4, -0.2) is 42.9 Å². The van der Waals surface area contributed by atoms with E-state index in [1.807, 2.05) is 30.3 Å². The normalized spacial score (nSPS) is 19.8. The maximum absolute atomic E-state index is 9.83. The molecule has 2 unspecified atom stereocenters. The zero-order chi connectivity index (χ0) is 17.5. The first-order chi connectivity index (χ1) is 12.3. The van der Waals surface area contributed by atoms with Gasteiger partial charge >= 0.3 is 0 Å². The molecular weight excluding hydrogens is 318 g/mol. The van der Waals surface area contributed by atoms with Crippen molar-refractivity contribution >= 4 is 0 Å². The minimum absolute atomic E-state index is 0.262. The standard InChI is InChI=1S/C19H25N3O3/c1-24-18-5-4-14(8-21-10-16-11-22-12-17(16)23)7-19(18)25-13-15-3-2-6-20-9-15/h2-7,9,16-17,21-23H,8,10-13H2,1H3. The van der Waals surface area contributed by atoms with E-state index in [2.05, 4.69) is 15.6 Å². The van der Waals surface area contributed by atoms with Gasteiger partial charge in [0.2, 0.25) is 0 Å². The fourth-order valence-corrected chi connectivity index (χ4v) is 2.92. The molecule has 6 heteroatoms. The fourth-order valence-electron chi connectivity index (χ4n) is 2.92. The van der Waals surface area contributed by atoms with Crippen molar-refractivity contribution in [3.63, 3.8) is 0 Å². The van der Waals surface area contributed by atoms with E-state index in [1.165, 1.54) is 0 Å². The molecule has 25 heavy (non-hydrogen) atoms. The Bertz CT molecular complexity index is 666. The van der Waals surface area contributed by atoms with E-state index >= 15 is 0 Å². The predicted octanol–water partition coefficient (Wildman–Crippen LogP) is 1.34. The summed E-state index contributed by atoms with van der Waals surface area (Å²) >= 11 is 0. The van der Waals surface area contributed by atoms with Crippen LogP contribution in [0.4, 0.5) is 0 Å². The number of aliphatic hydroxyl groups excluding tert-OH is 1.